The molecular formula is C53H53N8O14P. The lowest BCUT2D eigenvalue weighted by atomic mass is 9.80. The lowest BCUT2D eigenvalue weighted by Crippen LogP contribution is -2.38. The molecule has 1 unspecified atom stereocenters. The summed E-state index contributed by atoms with van der Waals surface area (Å²) in [6.45, 7) is 1.58. The van der Waals surface area contributed by atoms with Crippen molar-refractivity contribution >= 4 is 36.7 Å². The van der Waals surface area contributed by atoms with Crippen LogP contribution in [0.5, 0.6) is 11.5 Å². The third kappa shape index (κ3) is 11.5. The molecule has 2 aliphatic heterocycles. The van der Waals surface area contributed by atoms with Crippen molar-refractivity contribution in [3.8, 4) is 17.6 Å². The standard InChI is InChI=1S/C53H53N8O14P/c1-33-28-60(52(65)59-50(33)63)45-27-42(43(73-45)29-69-53(36-14-9-6-10-15-36,37-16-20-39(67-3)21-17-37)38-18-22-40(68-4)23-19-38)75-76(66,70-25-11-24-54)71-30-44-41(72-34(2)62)26-46(74-44)61-32-57-47-48(55-31-56-49(47)61)58-51(64)35-12-7-5-8-13-35/h5-10,12-23,28,31-32,41-46H,11,25-27,29-30H2,1-4H3,(H,59,63,65)(H,55,56,58,64)/t41-,42-,43+,44+,45+,46+,76?/m0/s1. The molecule has 0 saturated carbocycles. The number of H-pyrrole nitrogens is 1. The van der Waals surface area contributed by atoms with Crippen molar-refractivity contribution in [2.75, 3.05) is 39.4 Å². The van der Waals surface area contributed by atoms with Crippen molar-refractivity contribution in [1.82, 2.24) is 29.1 Å². The van der Waals surface area contributed by atoms with Crippen LogP contribution in [-0.4, -0.2) is 99.4 Å². The molecule has 4 aromatic carbocycles. The first kappa shape index (κ1) is 53.0. The SMILES string of the molecule is COc1ccc(C(OC[C@H]2O[C@@H](n3cc(C)c(=O)[nH]c3=O)C[C@@H]2OP(=O)(OCCC#N)OC[C@H]2O[C@@H](n3cnc4c(NC(=O)c5ccccc5)ncnc43)C[C@@H]2OC(C)=O)(c2ccccc2)c2ccc(OC)cc2)cc1. The topological polar surface area (TPSA) is 269 Å². The van der Waals surface area contributed by atoms with Crippen LogP contribution in [0.4, 0.5) is 5.82 Å². The van der Waals surface area contributed by atoms with Crippen molar-refractivity contribution in [1.29, 1.82) is 5.26 Å². The number of carbonyl (C=O) groups is 2. The highest BCUT2D eigenvalue weighted by atomic mass is 31.2. The molecule has 0 bridgehead atoms. The van der Waals surface area contributed by atoms with Crippen LogP contribution in [0, 0.1) is 18.3 Å². The number of phosphoric ester groups is 1. The zero-order valence-corrected chi connectivity index (χ0v) is 42.6. The molecule has 2 N–H and O–H groups in total. The number of ether oxygens (including phenoxy) is 6. The van der Waals surface area contributed by atoms with Crippen molar-refractivity contribution in [3.63, 3.8) is 0 Å². The predicted octanol–water partition coefficient (Wildman–Crippen LogP) is 6.91. The van der Waals surface area contributed by atoms with E-state index in [4.69, 9.17) is 42.0 Å². The van der Waals surface area contributed by atoms with Crippen molar-refractivity contribution < 1.29 is 56.1 Å². The van der Waals surface area contributed by atoms with E-state index in [0.29, 0.717) is 28.2 Å². The summed E-state index contributed by atoms with van der Waals surface area (Å²) in [5.41, 5.74) is 0.579. The first-order valence-corrected chi connectivity index (χ1v) is 25.5. The largest absolute Gasteiger partial charge is 0.497 e. The second-order valence-electron chi connectivity index (χ2n) is 17.7. The number of nitrogens with one attached hydrogen (secondary N) is 2. The quantitative estimate of drug-likeness (QED) is 0.0320. The van der Waals surface area contributed by atoms with Gasteiger partial charge in [0.2, 0.25) is 0 Å². The zero-order valence-electron chi connectivity index (χ0n) is 41.7. The number of rotatable bonds is 21. The van der Waals surface area contributed by atoms with Gasteiger partial charge in [0.25, 0.3) is 11.5 Å². The summed E-state index contributed by atoms with van der Waals surface area (Å²) >= 11 is 0. The number of esters is 1. The van der Waals surface area contributed by atoms with Crippen LogP contribution in [0.3, 0.4) is 0 Å². The highest BCUT2D eigenvalue weighted by Crippen LogP contribution is 2.54. The summed E-state index contributed by atoms with van der Waals surface area (Å²) in [5.74, 6) is 0.311. The number of aryl methyl sites for hydroxylation is 1. The van der Waals surface area contributed by atoms with Gasteiger partial charge < -0.3 is 33.7 Å². The number of aromatic nitrogens is 6. The fourth-order valence-corrected chi connectivity index (χ4v) is 10.5. The number of hydrogen-bond acceptors (Lipinski definition) is 18. The molecule has 3 aromatic heterocycles. The first-order chi connectivity index (χ1) is 36.8. The maximum Gasteiger partial charge on any atom is 0.475 e. The summed E-state index contributed by atoms with van der Waals surface area (Å²) in [5, 5.41) is 12.3. The second-order valence-corrected chi connectivity index (χ2v) is 19.3. The summed E-state index contributed by atoms with van der Waals surface area (Å²) in [7, 11) is -1.65. The Morgan fingerprint density at radius 2 is 1.41 bits per heavy atom. The van der Waals surface area contributed by atoms with E-state index in [1.807, 2.05) is 84.9 Å². The number of phosphoric acid groups is 1. The highest BCUT2D eigenvalue weighted by molar-refractivity contribution is 7.48. The molecule has 2 fully saturated rings. The molecule has 394 valence electrons. The summed E-state index contributed by atoms with van der Waals surface area (Å²) in [4.78, 5) is 66.9. The van der Waals surface area contributed by atoms with Gasteiger partial charge in [-0.1, -0.05) is 72.8 Å². The van der Waals surface area contributed by atoms with Gasteiger partial charge in [0, 0.05) is 37.1 Å². The van der Waals surface area contributed by atoms with Crippen LogP contribution in [-0.2, 0) is 47.5 Å². The number of imidazole rings is 1. The lowest BCUT2D eigenvalue weighted by Gasteiger charge is -2.37. The van der Waals surface area contributed by atoms with Gasteiger partial charge in [-0.15, -0.1) is 0 Å². The minimum Gasteiger partial charge on any atom is -0.497 e. The predicted molar refractivity (Wildman–Crippen MR) is 271 cm³/mol. The molecule has 9 rings (SSSR count). The van der Waals surface area contributed by atoms with Gasteiger partial charge in [-0.25, -0.2) is 24.3 Å². The lowest BCUT2D eigenvalue weighted by molar-refractivity contribution is -0.150. The smallest absolute Gasteiger partial charge is 0.475 e. The zero-order chi connectivity index (χ0) is 53.4. The van der Waals surface area contributed by atoms with E-state index in [0.717, 1.165) is 5.56 Å². The highest BCUT2D eigenvalue weighted by Gasteiger charge is 2.48. The van der Waals surface area contributed by atoms with Gasteiger partial charge in [-0.2, -0.15) is 5.26 Å². The average molecular weight is 1060 g/mol. The molecule has 0 spiro atoms. The number of anilines is 1. The van der Waals surface area contributed by atoms with Crippen LogP contribution in [0.1, 0.15) is 71.3 Å². The molecule has 7 atom stereocenters. The fraction of sp³-hybridized carbons (Fsp3) is 0.321. The Labute approximate surface area is 435 Å². The molecular weight excluding hydrogens is 1000 g/mol. The number of nitrogens with zero attached hydrogens (tertiary/aromatic N) is 6. The van der Waals surface area contributed by atoms with Crippen LogP contribution in [0.25, 0.3) is 11.2 Å². The van der Waals surface area contributed by atoms with Gasteiger partial charge in [0.05, 0.1) is 52.9 Å². The number of carbonyl (C=O) groups excluding carboxylic acids is 2. The minimum absolute atomic E-state index is 0.0612. The number of aromatic amines is 1. The number of fused-ring (bicyclic) bond motifs is 1. The summed E-state index contributed by atoms with van der Waals surface area (Å²) < 4.78 is 73.2. The van der Waals surface area contributed by atoms with Gasteiger partial charge in [0.1, 0.15) is 60.3 Å². The van der Waals surface area contributed by atoms with Crippen LogP contribution in [0.15, 0.2) is 138 Å². The minimum atomic E-state index is -4.78. The normalized spacial score (nSPS) is 20.1. The van der Waals surface area contributed by atoms with E-state index in [2.05, 4.69) is 25.3 Å². The molecule has 22 nitrogen and oxygen atoms in total. The van der Waals surface area contributed by atoms with E-state index in [1.54, 1.807) is 49.1 Å². The average Bonchev–Trinajstić information content (AvgIpc) is 4.17. The number of methoxy groups -OCH3 is 2. The molecule has 2 saturated heterocycles. The molecule has 0 radical (unpaired) electrons. The van der Waals surface area contributed by atoms with Crippen molar-refractivity contribution in [3.05, 3.63) is 177 Å². The Balaban J connectivity index is 1.02. The number of hydrogen-bond donors (Lipinski definition) is 2. The van der Waals surface area contributed by atoms with Crippen LogP contribution >= 0.6 is 7.82 Å². The number of amides is 1. The van der Waals surface area contributed by atoms with Gasteiger partial charge >= 0.3 is 19.5 Å². The second kappa shape index (κ2) is 23.3. The van der Waals surface area contributed by atoms with E-state index in [9.17, 15) is 24.4 Å². The molecule has 23 heteroatoms. The molecule has 1 amide bonds. The third-order valence-corrected chi connectivity index (χ3v) is 14.3. The number of nitriles is 1. The van der Waals surface area contributed by atoms with Crippen LogP contribution in [0.2, 0.25) is 0 Å². The van der Waals surface area contributed by atoms with Crippen molar-refractivity contribution in [2.45, 2.75) is 75.6 Å². The van der Waals surface area contributed by atoms with E-state index in [1.165, 1.54) is 37.3 Å². The molecule has 5 heterocycles. The molecule has 7 aromatic rings. The Morgan fingerprint density at radius 3 is 2.04 bits per heavy atom. The van der Waals surface area contributed by atoms with Gasteiger partial charge in [-0.3, -0.25) is 42.1 Å². The molecule has 76 heavy (non-hydrogen) atoms. The van der Waals surface area contributed by atoms with Gasteiger partial charge in [-0.05, 0) is 60.0 Å². The van der Waals surface area contributed by atoms with E-state index in [-0.39, 0.29) is 55.0 Å². The molecule has 0 aliphatic carbocycles. The Morgan fingerprint density at radius 1 is 0.803 bits per heavy atom. The molecule has 2 aliphatic rings. The summed E-state index contributed by atoms with van der Waals surface area (Å²) in [6.07, 6.45) is -2.59. The van der Waals surface area contributed by atoms with Gasteiger partial charge in [0.15, 0.2) is 17.0 Å². The van der Waals surface area contributed by atoms with Crippen LogP contribution < -0.4 is 26.0 Å². The third-order valence-electron chi connectivity index (χ3n) is 12.8. The van der Waals surface area contributed by atoms with E-state index < -0.39 is 80.0 Å². The van der Waals surface area contributed by atoms with E-state index >= 15 is 4.57 Å². The Hall–Kier alpha value is -7.87. The maximum atomic E-state index is 15.1. The summed E-state index contributed by atoms with van der Waals surface area (Å²) in [6, 6.07) is 34.7. The monoisotopic (exact) mass is 1060 g/mol. The maximum absolute atomic E-state index is 15.1. The fourth-order valence-electron chi connectivity index (χ4n) is 9.13. The Bertz CT molecular complexity index is 3320. The number of benzene rings is 4. The van der Waals surface area contributed by atoms with Crippen molar-refractivity contribution in [2.24, 2.45) is 0 Å². The Kier molecular flexibility index (Phi) is 16.3. The first-order valence-electron chi connectivity index (χ1n) is 24.1.